The molecule has 3 fully saturated rings. The lowest BCUT2D eigenvalue weighted by molar-refractivity contribution is -0.132. The van der Waals surface area contributed by atoms with Crippen LogP contribution in [0.15, 0.2) is 54.6 Å². The molecule has 3 aliphatic heterocycles. The second-order valence-corrected chi connectivity index (χ2v) is 27.3. The maximum Gasteiger partial charge on any atom is 0.294 e. The summed E-state index contributed by atoms with van der Waals surface area (Å²) >= 11 is 0. The molecule has 538 valence electrons. The number of Topliss-reactive ketones (excluding diaryl/α,β-unsaturated/α-hetero) is 3. The van der Waals surface area contributed by atoms with Crippen molar-refractivity contribution in [1.29, 1.82) is 0 Å². The Morgan fingerprint density at radius 2 is 0.810 bits per heavy atom. The number of piperidine rings is 3. The Kier molecular flexibility index (Phi) is 26.5. The zero-order valence-corrected chi connectivity index (χ0v) is 60.4. The number of hydrogen-bond acceptors (Lipinski definition) is 12. The second kappa shape index (κ2) is 34.0. The molecule has 3 aliphatic rings. The molecule has 3 aromatic carbocycles. The van der Waals surface area contributed by atoms with Gasteiger partial charge in [-0.1, -0.05) is 13.3 Å². The molecule has 0 unspecified atom stereocenters. The van der Waals surface area contributed by atoms with Crippen LogP contribution in [0.1, 0.15) is 185 Å². The molecule has 0 radical (unpaired) electrons. The number of likely N-dealkylation sites (tertiary alicyclic amines) is 3. The highest BCUT2D eigenvalue weighted by Gasteiger charge is 2.35. The predicted molar refractivity (Wildman–Crippen MR) is 379 cm³/mol. The van der Waals surface area contributed by atoms with E-state index in [0.29, 0.717) is 111 Å². The van der Waals surface area contributed by atoms with Gasteiger partial charge in [0.05, 0.1) is 40.3 Å². The number of aromatic nitrogens is 3. The fraction of sp³-hybridized carbons (Fsp3) is 0.467. The molecule has 9 rings (SSSR count). The van der Waals surface area contributed by atoms with Crippen LogP contribution in [0.4, 0.5) is 30.2 Å². The van der Waals surface area contributed by atoms with E-state index in [1.54, 1.807) is 110 Å². The zero-order chi connectivity index (χ0) is 73.8. The summed E-state index contributed by atoms with van der Waals surface area (Å²) in [5.74, 6) is -6.28. The van der Waals surface area contributed by atoms with Gasteiger partial charge in [0.1, 0.15) is 17.5 Å². The predicted octanol–water partition coefficient (Wildman–Crippen LogP) is 9.93. The van der Waals surface area contributed by atoms with Crippen LogP contribution in [-0.4, -0.2) is 158 Å². The van der Waals surface area contributed by atoms with Crippen LogP contribution in [0.2, 0.25) is 0 Å². The quantitative estimate of drug-likeness (QED) is 0.0308. The molecular weight excluding hydrogens is 1290 g/mol. The van der Waals surface area contributed by atoms with E-state index in [1.165, 1.54) is 53.5 Å². The van der Waals surface area contributed by atoms with Crippen LogP contribution in [-0.2, 0) is 40.3 Å². The van der Waals surface area contributed by atoms with E-state index in [-0.39, 0.29) is 52.5 Å². The largest absolute Gasteiger partial charge is 0.348 e. The van der Waals surface area contributed by atoms with Crippen LogP contribution in [0, 0.1) is 85.7 Å². The lowest BCUT2D eigenvalue weighted by Crippen LogP contribution is -2.54. The van der Waals surface area contributed by atoms with E-state index in [4.69, 9.17) is 0 Å². The van der Waals surface area contributed by atoms with Gasteiger partial charge in [0, 0.05) is 93.5 Å². The van der Waals surface area contributed by atoms with Gasteiger partial charge in [0.15, 0.2) is 0 Å². The van der Waals surface area contributed by atoms with Gasteiger partial charge in [-0.05, 0) is 241 Å². The Balaban J connectivity index is 0.000000211. The number of aryl methyl sites for hydroxylation is 3. The van der Waals surface area contributed by atoms with Crippen LogP contribution < -0.4 is 31.9 Å². The summed E-state index contributed by atoms with van der Waals surface area (Å²) in [6.07, 6.45) is 8.77. The summed E-state index contributed by atoms with van der Waals surface area (Å²) in [4.78, 5) is 134. The zero-order valence-electron chi connectivity index (χ0n) is 60.4. The van der Waals surface area contributed by atoms with Crippen LogP contribution in [0.5, 0.6) is 0 Å². The Hall–Kier alpha value is -9.49. The SMILES string of the molecule is Cc1cc(NC(=O)c2c(C)c(C(=O)C(=O)NC(C)(C)CN3CCCCC3)n(C)c2C)ccc1F.Cc1cc(NC(=O)c2c(C)c(C(=O)C(=O)NCC(=O)N3CCCCC3)n(C)c2C)ccc1F.Cc1cc(NC(=O)c2c(C)c(C(=O)C(=O)NCCN3CCC(C)CC3)n(C)c2C)ccc1F. The summed E-state index contributed by atoms with van der Waals surface area (Å²) in [6, 6.07) is 12.9. The number of nitrogens with zero attached hydrogens (tertiary/aromatic N) is 6. The highest BCUT2D eigenvalue weighted by atomic mass is 19.1. The molecule has 0 saturated carbocycles. The normalized spacial score (nSPS) is 14.4. The third-order valence-corrected chi connectivity index (χ3v) is 19.2. The molecule has 25 heteroatoms. The number of carbonyl (C=O) groups excluding carboxylic acids is 10. The van der Waals surface area contributed by atoms with Gasteiger partial charge in [0.25, 0.3) is 52.8 Å². The number of carbonyl (C=O) groups is 10. The van der Waals surface area contributed by atoms with Crippen molar-refractivity contribution in [3.05, 3.63) is 156 Å². The van der Waals surface area contributed by atoms with Crippen molar-refractivity contribution in [3.8, 4) is 0 Å². The highest BCUT2D eigenvalue weighted by molar-refractivity contribution is 6.44. The average molecular weight is 1380 g/mol. The number of benzene rings is 3. The van der Waals surface area contributed by atoms with Gasteiger partial charge >= 0.3 is 0 Å². The number of halogens is 3. The van der Waals surface area contributed by atoms with Gasteiger partial charge in [-0.3, -0.25) is 47.9 Å². The van der Waals surface area contributed by atoms with E-state index in [1.807, 2.05) is 13.8 Å². The Bertz CT molecular complexity index is 4120. The monoisotopic (exact) mass is 1380 g/mol. The lowest BCUT2D eigenvalue weighted by Gasteiger charge is -2.35. The standard InChI is InChI=1S/C26H35FN4O3.C25H33FN4O3.C24H29FN4O4/c1-16-14-19(10-11-20(16)27)28-24(33)21-17(2)22(30(6)18(21)3)23(32)25(34)29-26(4,5)15-31-12-8-7-9-13-31;1-15-8-11-30(12-9-15)13-10-27-25(33)23(31)22-17(3)21(18(4)29(22)5)24(32)28-19-6-7-20(26)16(2)14-19;1-14-12-17(8-9-18(14)25)27-23(32)20-15(2)21(28(4)16(20)3)22(31)24(33)26-13-19(30)29-10-6-5-7-11-29/h10-11,14H,7-9,12-13,15H2,1-6H3,(H,28,33)(H,29,34);6-7,14-15H,8-13H2,1-5H3,(H,27,33)(H,28,32);8-9,12H,5-7,10-11,13H2,1-4H3,(H,26,33)(H,27,32). The molecule has 7 amide bonds. The number of amides is 7. The number of ketones is 3. The Labute approximate surface area is 583 Å². The van der Waals surface area contributed by atoms with E-state index >= 15 is 0 Å². The van der Waals surface area contributed by atoms with Crippen molar-refractivity contribution in [2.24, 2.45) is 27.1 Å². The molecule has 6 N–H and O–H groups in total. The van der Waals surface area contributed by atoms with Crippen molar-refractivity contribution in [1.82, 2.24) is 44.4 Å². The van der Waals surface area contributed by atoms with Crippen molar-refractivity contribution in [3.63, 3.8) is 0 Å². The van der Waals surface area contributed by atoms with Crippen LogP contribution in [0.3, 0.4) is 0 Å². The van der Waals surface area contributed by atoms with Gasteiger partial charge < -0.3 is 60.3 Å². The maximum atomic E-state index is 13.6. The molecule has 6 heterocycles. The number of anilines is 3. The molecule has 0 aliphatic carbocycles. The lowest BCUT2D eigenvalue weighted by atomic mass is 9.99. The summed E-state index contributed by atoms with van der Waals surface area (Å²) in [5, 5.41) is 16.3. The Morgan fingerprint density at radius 1 is 0.460 bits per heavy atom. The fourth-order valence-electron chi connectivity index (χ4n) is 13.2. The van der Waals surface area contributed by atoms with Gasteiger partial charge in [-0.25, -0.2) is 13.2 Å². The summed E-state index contributed by atoms with van der Waals surface area (Å²) < 4.78 is 45.3. The summed E-state index contributed by atoms with van der Waals surface area (Å²) in [7, 11) is 4.93. The summed E-state index contributed by atoms with van der Waals surface area (Å²) in [6.45, 7) is 27.8. The minimum absolute atomic E-state index is 0.0795. The Morgan fingerprint density at radius 3 is 1.18 bits per heavy atom. The van der Waals surface area contributed by atoms with Crippen LogP contribution in [0.25, 0.3) is 0 Å². The van der Waals surface area contributed by atoms with Crippen molar-refractivity contribution < 1.29 is 61.1 Å². The maximum absolute atomic E-state index is 13.6. The average Bonchev–Trinajstić information content (AvgIpc) is 1.64. The van der Waals surface area contributed by atoms with Crippen molar-refractivity contribution in [2.75, 3.05) is 81.4 Å². The number of hydrogen-bond donors (Lipinski definition) is 6. The topological polar surface area (TPSA) is 267 Å². The summed E-state index contributed by atoms with van der Waals surface area (Å²) in [5.41, 5.74) is 6.24. The van der Waals surface area contributed by atoms with Gasteiger partial charge in [-0.2, -0.15) is 0 Å². The molecule has 6 aromatic rings. The first-order valence-electron chi connectivity index (χ1n) is 34.1. The minimum Gasteiger partial charge on any atom is -0.348 e. The molecule has 0 atom stereocenters. The first-order chi connectivity index (χ1) is 47.1. The minimum atomic E-state index is -0.898. The second-order valence-electron chi connectivity index (χ2n) is 27.3. The van der Waals surface area contributed by atoms with E-state index in [2.05, 4.69) is 48.6 Å². The number of nitrogens with one attached hydrogen (secondary N) is 6. The van der Waals surface area contributed by atoms with E-state index in [0.717, 1.165) is 77.0 Å². The van der Waals surface area contributed by atoms with E-state index < -0.39 is 58.3 Å². The van der Waals surface area contributed by atoms with Gasteiger partial charge in [-0.15, -0.1) is 0 Å². The fourth-order valence-corrected chi connectivity index (χ4v) is 13.2. The molecular formula is C75H97F3N12O10. The first kappa shape index (κ1) is 77.9. The van der Waals surface area contributed by atoms with E-state index in [9.17, 15) is 61.1 Å². The third-order valence-electron chi connectivity index (χ3n) is 19.2. The molecule has 3 saturated heterocycles. The molecule has 22 nitrogen and oxygen atoms in total. The smallest absolute Gasteiger partial charge is 0.294 e. The molecule has 0 spiro atoms. The molecule has 0 bridgehead atoms. The van der Waals surface area contributed by atoms with Gasteiger partial charge in [0.2, 0.25) is 5.91 Å². The van der Waals surface area contributed by atoms with Crippen LogP contribution >= 0.6 is 0 Å². The third kappa shape index (κ3) is 19.1. The highest BCUT2D eigenvalue weighted by Crippen LogP contribution is 2.28. The van der Waals surface area contributed by atoms with Crippen molar-refractivity contribution >= 4 is 75.8 Å². The molecule has 3 aromatic heterocycles. The molecule has 100 heavy (non-hydrogen) atoms. The first-order valence-corrected chi connectivity index (χ1v) is 34.1. The van der Waals surface area contributed by atoms with Crippen molar-refractivity contribution in [2.45, 2.75) is 140 Å². The number of rotatable bonds is 20.